The van der Waals surface area contributed by atoms with Crippen LogP contribution in [0.3, 0.4) is 0 Å². The lowest BCUT2D eigenvalue weighted by Crippen LogP contribution is -2.21. The van der Waals surface area contributed by atoms with Crippen molar-refractivity contribution in [1.29, 1.82) is 0 Å². The van der Waals surface area contributed by atoms with Gasteiger partial charge in [0.15, 0.2) is 0 Å². The summed E-state index contributed by atoms with van der Waals surface area (Å²) in [6, 6.07) is 0.152. The number of hydrogen-bond acceptors (Lipinski definition) is 3. The molecule has 3 nitrogen and oxygen atoms in total. The Bertz CT molecular complexity index is 493. The van der Waals surface area contributed by atoms with Gasteiger partial charge in [-0.05, 0) is 6.92 Å². The lowest BCUT2D eigenvalue weighted by atomic mass is 10.2. The van der Waals surface area contributed by atoms with Gasteiger partial charge in [-0.25, -0.2) is 0 Å². The van der Waals surface area contributed by atoms with E-state index in [1.165, 1.54) is 0 Å². The zero-order valence-electron chi connectivity index (χ0n) is 9.99. The van der Waals surface area contributed by atoms with Crippen LogP contribution >= 0.6 is 0 Å². The van der Waals surface area contributed by atoms with Gasteiger partial charge < -0.3 is 14.2 Å². The smallest absolute Gasteiger partial charge is 0.406 e. The van der Waals surface area contributed by atoms with Gasteiger partial charge in [-0.15, -0.1) is 39.5 Å². The third-order valence-electron chi connectivity index (χ3n) is 1.83. The van der Waals surface area contributed by atoms with Gasteiger partial charge in [0, 0.05) is 17.7 Å². The highest BCUT2D eigenvalue weighted by atomic mass is 19.4. The fraction of sp³-hybridized carbons (Fsp3) is 0.300. The van der Waals surface area contributed by atoms with E-state index in [0.29, 0.717) is 0 Å². The Labute approximate surface area is 116 Å². The SMILES string of the molecule is [CH2]c1c(OC(F)(F)F)cc(OC(F)(F)F)cc1OC(F)(F)F. The first kappa shape index (κ1) is 18.0. The van der Waals surface area contributed by atoms with Crippen LogP contribution in [0.2, 0.25) is 0 Å². The highest BCUT2D eigenvalue weighted by molar-refractivity contribution is 5.52. The van der Waals surface area contributed by atoms with Gasteiger partial charge in [-0.1, -0.05) is 0 Å². The van der Waals surface area contributed by atoms with Crippen LogP contribution in [-0.2, 0) is 0 Å². The number of rotatable bonds is 3. The third kappa shape index (κ3) is 6.18. The lowest BCUT2D eigenvalue weighted by Gasteiger charge is -2.18. The maximum atomic E-state index is 12.1. The molecule has 0 aliphatic carbocycles. The molecule has 0 heterocycles. The Morgan fingerprint density at radius 3 is 1.23 bits per heavy atom. The molecule has 0 spiro atoms. The van der Waals surface area contributed by atoms with Crippen molar-refractivity contribution in [3.8, 4) is 17.2 Å². The Morgan fingerprint density at radius 2 is 0.955 bits per heavy atom. The standard InChI is InChI=1S/C10H4F9O3/c1-4-6(21-9(14,15)16)2-5(20-8(11,12)13)3-7(4)22-10(17,18)19/h2-3H,1H2. The van der Waals surface area contributed by atoms with Crippen LogP contribution in [0.5, 0.6) is 17.2 Å². The second-order valence-electron chi connectivity index (χ2n) is 3.54. The van der Waals surface area contributed by atoms with Crippen molar-refractivity contribution in [3.05, 3.63) is 24.6 Å². The molecule has 0 atom stereocenters. The molecule has 22 heavy (non-hydrogen) atoms. The normalized spacial score (nSPS) is 13.0. The molecule has 1 aromatic rings. The van der Waals surface area contributed by atoms with Crippen molar-refractivity contribution in [1.82, 2.24) is 0 Å². The predicted octanol–water partition coefficient (Wildman–Crippen LogP) is 4.56. The van der Waals surface area contributed by atoms with Gasteiger partial charge in [-0.3, -0.25) is 0 Å². The third-order valence-corrected chi connectivity index (χ3v) is 1.83. The number of halogens is 9. The molecule has 0 aromatic heterocycles. The first-order valence-electron chi connectivity index (χ1n) is 4.93. The molecule has 0 saturated heterocycles. The minimum atomic E-state index is -5.38. The summed E-state index contributed by atoms with van der Waals surface area (Å²) in [7, 11) is 0. The molecule has 0 saturated carbocycles. The summed E-state index contributed by atoms with van der Waals surface area (Å²) in [4.78, 5) is 0. The van der Waals surface area contributed by atoms with Crippen LogP contribution in [0.15, 0.2) is 12.1 Å². The molecular formula is C10H4F9O3. The van der Waals surface area contributed by atoms with Gasteiger partial charge in [0.05, 0.1) is 0 Å². The van der Waals surface area contributed by atoms with Crippen molar-refractivity contribution >= 4 is 0 Å². The Balaban J connectivity index is 3.30. The van der Waals surface area contributed by atoms with Crippen LogP contribution < -0.4 is 14.2 Å². The van der Waals surface area contributed by atoms with Crippen LogP contribution in [0.4, 0.5) is 39.5 Å². The van der Waals surface area contributed by atoms with E-state index in [4.69, 9.17) is 0 Å². The maximum Gasteiger partial charge on any atom is 0.573 e. The fourth-order valence-electron chi connectivity index (χ4n) is 1.22. The first-order chi connectivity index (χ1) is 9.66. The van der Waals surface area contributed by atoms with Gasteiger partial charge >= 0.3 is 19.1 Å². The summed E-state index contributed by atoms with van der Waals surface area (Å²) in [5.74, 6) is -4.28. The maximum absolute atomic E-state index is 12.1. The summed E-state index contributed by atoms with van der Waals surface area (Å²) in [6.07, 6.45) is -16.1. The summed E-state index contributed by atoms with van der Waals surface area (Å²) < 4.78 is 118. The van der Waals surface area contributed by atoms with E-state index in [1.807, 2.05) is 0 Å². The molecule has 1 rings (SSSR count). The monoisotopic (exact) mass is 343 g/mol. The molecule has 0 amide bonds. The highest BCUT2D eigenvalue weighted by Gasteiger charge is 2.37. The first-order valence-corrected chi connectivity index (χ1v) is 4.93. The number of benzene rings is 1. The average Bonchev–Trinajstić information content (AvgIpc) is 2.18. The zero-order valence-corrected chi connectivity index (χ0v) is 9.99. The van der Waals surface area contributed by atoms with E-state index >= 15 is 0 Å². The number of hydrogen-bond donors (Lipinski definition) is 0. The Kier molecular flexibility index (Phi) is 4.63. The van der Waals surface area contributed by atoms with Crippen LogP contribution in [0.25, 0.3) is 0 Å². The minimum Gasteiger partial charge on any atom is -0.406 e. The van der Waals surface area contributed by atoms with Crippen LogP contribution in [0, 0.1) is 6.92 Å². The van der Waals surface area contributed by atoms with E-state index in [-0.39, 0.29) is 12.1 Å². The number of ether oxygens (including phenoxy) is 3. The van der Waals surface area contributed by atoms with Crippen molar-refractivity contribution in [2.24, 2.45) is 0 Å². The summed E-state index contributed by atoms with van der Waals surface area (Å²) in [5.41, 5.74) is -1.07. The molecule has 0 fully saturated rings. The summed E-state index contributed by atoms with van der Waals surface area (Å²) >= 11 is 0. The second-order valence-corrected chi connectivity index (χ2v) is 3.54. The topological polar surface area (TPSA) is 27.7 Å². The Hall–Kier alpha value is -2.01. The molecule has 125 valence electrons. The van der Waals surface area contributed by atoms with Gasteiger partial charge in [0.1, 0.15) is 17.2 Å². The molecule has 0 bridgehead atoms. The van der Waals surface area contributed by atoms with Gasteiger partial charge in [0.25, 0.3) is 0 Å². The van der Waals surface area contributed by atoms with E-state index < -0.39 is 41.9 Å². The number of alkyl halides is 9. The molecule has 12 heteroatoms. The molecule has 0 unspecified atom stereocenters. The second kappa shape index (κ2) is 5.65. The van der Waals surface area contributed by atoms with Crippen molar-refractivity contribution < 1.29 is 53.7 Å². The van der Waals surface area contributed by atoms with E-state index in [2.05, 4.69) is 21.1 Å². The van der Waals surface area contributed by atoms with Crippen molar-refractivity contribution in [2.75, 3.05) is 0 Å². The predicted molar refractivity (Wildman–Crippen MR) is 51.0 cm³/mol. The van der Waals surface area contributed by atoms with Crippen molar-refractivity contribution in [3.63, 3.8) is 0 Å². The van der Waals surface area contributed by atoms with Gasteiger partial charge in [-0.2, -0.15) is 0 Å². The summed E-state index contributed by atoms with van der Waals surface area (Å²) in [5, 5.41) is 0. The molecule has 0 aliphatic rings. The zero-order chi connectivity index (χ0) is 17.3. The van der Waals surface area contributed by atoms with Crippen LogP contribution in [0.1, 0.15) is 5.56 Å². The fourth-order valence-corrected chi connectivity index (χ4v) is 1.22. The minimum absolute atomic E-state index is 0.0759. The molecular weight excluding hydrogens is 339 g/mol. The average molecular weight is 343 g/mol. The van der Waals surface area contributed by atoms with E-state index in [9.17, 15) is 39.5 Å². The quantitative estimate of drug-likeness (QED) is 0.753. The molecule has 0 aliphatic heterocycles. The highest BCUT2D eigenvalue weighted by Crippen LogP contribution is 2.39. The largest absolute Gasteiger partial charge is 0.573 e. The Morgan fingerprint density at radius 1 is 0.636 bits per heavy atom. The summed E-state index contributed by atoms with van der Waals surface area (Å²) in [6.45, 7) is 2.84. The van der Waals surface area contributed by atoms with Crippen LogP contribution in [-0.4, -0.2) is 19.1 Å². The molecule has 1 radical (unpaired) electrons. The van der Waals surface area contributed by atoms with Gasteiger partial charge in [0.2, 0.25) is 0 Å². The van der Waals surface area contributed by atoms with E-state index in [0.717, 1.165) is 0 Å². The van der Waals surface area contributed by atoms with E-state index in [1.54, 1.807) is 0 Å². The van der Waals surface area contributed by atoms with Crippen molar-refractivity contribution in [2.45, 2.75) is 19.1 Å². The molecule has 0 N–H and O–H groups in total. The lowest BCUT2D eigenvalue weighted by molar-refractivity contribution is -0.278. The molecule has 1 aromatic carbocycles.